The first-order valence-corrected chi connectivity index (χ1v) is 13.8. The average Bonchev–Trinajstić information content (AvgIpc) is 3.54. The Morgan fingerprint density at radius 1 is 0.605 bits per heavy atom. The number of aryl methyl sites for hydroxylation is 1. The lowest BCUT2D eigenvalue weighted by Gasteiger charge is -2.51. The molecule has 0 saturated heterocycles. The monoisotopic (exact) mass is 488 g/mol. The lowest BCUT2D eigenvalue weighted by atomic mass is 9.50. The SMILES string of the molecule is CC(c1ccccc1)(C1c2ccccc2-c2ccccc21)C1(CCc2ccccc2)C=Cc2ccccc21. The van der Waals surface area contributed by atoms with Crippen molar-refractivity contribution in [1.29, 1.82) is 0 Å². The number of allylic oxidation sites excluding steroid dienone is 1. The molecule has 0 nitrogen and oxygen atoms in total. The highest BCUT2D eigenvalue weighted by atomic mass is 14.6. The first-order valence-electron chi connectivity index (χ1n) is 13.8. The maximum absolute atomic E-state index is 2.55. The molecule has 0 saturated carbocycles. The van der Waals surface area contributed by atoms with Crippen molar-refractivity contribution < 1.29 is 0 Å². The minimum Gasteiger partial charge on any atom is -0.0724 e. The van der Waals surface area contributed by atoms with E-state index in [0.29, 0.717) is 0 Å². The van der Waals surface area contributed by atoms with Gasteiger partial charge in [-0.15, -0.1) is 0 Å². The maximum Gasteiger partial charge on any atom is 0.0247 e. The fourth-order valence-electron chi connectivity index (χ4n) is 7.53. The van der Waals surface area contributed by atoms with Crippen molar-refractivity contribution in [2.45, 2.75) is 36.5 Å². The Hall–Kier alpha value is -4.16. The van der Waals surface area contributed by atoms with Crippen LogP contribution in [0.25, 0.3) is 17.2 Å². The van der Waals surface area contributed by atoms with E-state index in [1.807, 2.05) is 0 Å². The Morgan fingerprint density at radius 3 is 1.84 bits per heavy atom. The van der Waals surface area contributed by atoms with Crippen LogP contribution in [-0.2, 0) is 17.3 Å². The van der Waals surface area contributed by atoms with Gasteiger partial charge in [-0.3, -0.25) is 0 Å². The first-order chi connectivity index (χ1) is 18.7. The van der Waals surface area contributed by atoms with Crippen molar-refractivity contribution >= 4 is 6.08 Å². The molecule has 0 N–H and O–H groups in total. The van der Waals surface area contributed by atoms with Crippen LogP contribution in [0.3, 0.4) is 0 Å². The average molecular weight is 489 g/mol. The molecule has 0 heterocycles. The van der Waals surface area contributed by atoms with Crippen LogP contribution >= 0.6 is 0 Å². The van der Waals surface area contributed by atoms with Gasteiger partial charge in [-0.2, -0.15) is 0 Å². The quantitative estimate of drug-likeness (QED) is 0.223. The fourth-order valence-corrected chi connectivity index (χ4v) is 7.53. The van der Waals surface area contributed by atoms with E-state index in [0.717, 1.165) is 12.8 Å². The van der Waals surface area contributed by atoms with Crippen molar-refractivity contribution in [3.63, 3.8) is 0 Å². The molecule has 7 rings (SSSR count). The summed E-state index contributed by atoms with van der Waals surface area (Å²) in [5.74, 6) is 0.226. The molecule has 0 spiro atoms. The molecular weight excluding hydrogens is 456 g/mol. The second-order valence-electron chi connectivity index (χ2n) is 11.1. The predicted octanol–water partition coefficient (Wildman–Crippen LogP) is 9.35. The van der Waals surface area contributed by atoms with E-state index >= 15 is 0 Å². The summed E-state index contributed by atoms with van der Waals surface area (Å²) in [5, 5.41) is 0. The molecule has 2 aliphatic rings. The molecule has 38 heavy (non-hydrogen) atoms. The number of hydrogen-bond acceptors (Lipinski definition) is 0. The third-order valence-electron chi connectivity index (χ3n) is 9.35. The molecule has 5 aromatic rings. The molecule has 2 atom stereocenters. The molecule has 0 bridgehead atoms. The van der Waals surface area contributed by atoms with Gasteiger partial charge in [0.2, 0.25) is 0 Å². The summed E-state index contributed by atoms with van der Waals surface area (Å²) >= 11 is 0. The minimum atomic E-state index is -0.227. The Balaban J connectivity index is 1.52. The zero-order valence-electron chi connectivity index (χ0n) is 21.8. The summed E-state index contributed by atoms with van der Waals surface area (Å²) in [4.78, 5) is 0. The molecule has 2 unspecified atom stereocenters. The highest BCUT2D eigenvalue weighted by Gasteiger charge is 2.57. The summed E-state index contributed by atoms with van der Waals surface area (Å²) in [5.41, 5.74) is 10.8. The number of hydrogen-bond donors (Lipinski definition) is 0. The van der Waals surface area contributed by atoms with Crippen LogP contribution in [0.15, 0.2) is 140 Å². The van der Waals surface area contributed by atoms with E-state index in [-0.39, 0.29) is 16.7 Å². The Labute approximate surface area is 226 Å². The second kappa shape index (κ2) is 8.99. The van der Waals surface area contributed by atoms with Crippen LogP contribution in [-0.4, -0.2) is 0 Å². The van der Waals surface area contributed by atoms with Crippen molar-refractivity contribution in [1.82, 2.24) is 0 Å². The van der Waals surface area contributed by atoms with E-state index in [4.69, 9.17) is 0 Å². The molecule has 0 fully saturated rings. The van der Waals surface area contributed by atoms with Gasteiger partial charge in [0.1, 0.15) is 0 Å². The topological polar surface area (TPSA) is 0 Å². The number of rotatable bonds is 6. The van der Waals surface area contributed by atoms with Crippen LogP contribution in [0, 0.1) is 0 Å². The lowest BCUT2D eigenvalue weighted by molar-refractivity contribution is 0.247. The van der Waals surface area contributed by atoms with Gasteiger partial charge in [0.15, 0.2) is 0 Å². The van der Waals surface area contributed by atoms with Crippen molar-refractivity contribution in [2.24, 2.45) is 0 Å². The van der Waals surface area contributed by atoms with Gasteiger partial charge in [0, 0.05) is 16.7 Å². The van der Waals surface area contributed by atoms with Crippen molar-refractivity contribution in [3.8, 4) is 11.1 Å². The van der Waals surface area contributed by atoms with Gasteiger partial charge in [-0.05, 0) is 57.3 Å². The largest absolute Gasteiger partial charge is 0.0724 e. The zero-order chi connectivity index (χ0) is 25.6. The molecule has 5 aromatic carbocycles. The zero-order valence-corrected chi connectivity index (χ0v) is 21.8. The molecule has 0 amide bonds. The normalized spacial score (nSPS) is 19.0. The second-order valence-corrected chi connectivity index (χ2v) is 11.1. The fraction of sp³-hybridized carbons (Fsp3) is 0.158. The summed E-state index contributed by atoms with van der Waals surface area (Å²) in [7, 11) is 0. The third kappa shape index (κ3) is 3.30. The van der Waals surface area contributed by atoms with Crippen LogP contribution in [0.1, 0.15) is 52.6 Å². The summed E-state index contributed by atoms with van der Waals surface area (Å²) in [6, 6.07) is 49.6. The third-order valence-corrected chi connectivity index (χ3v) is 9.35. The summed E-state index contributed by atoms with van der Waals surface area (Å²) in [6.07, 6.45) is 7.00. The highest BCUT2D eigenvalue weighted by Crippen LogP contribution is 2.63. The number of benzene rings is 5. The minimum absolute atomic E-state index is 0.185. The summed E-state index contributed by atoms with van der Waals surface area (Å²) < 4.78 is 0. The van der Waals surface area contributed by atoms with Gasteiger partial charge >= 0.3 is 0 Å². The Bertz CT molecular complexity index is 1580. The van der Waals surface area contributed by atoms with Gasteiger partial charge in [0.05, 0.1) is 0 Å². The maximum atomic E-state index is 2.55. The van der Waals surface area contributed by atoms with E-state index in [2.05, 4.69) is 153 Å². The molecule has 0 aliphatic heterocycles. The molecule has 0 heteroatoms. The Kier molecular flexibility index (Phi) is 5.44. The van der Waals surface area contributed by atoms with E-state index in [1.54, 1.807) is 0 Å². The van der Waals surface area contributed by atoms with E-state index in [1.165, 1.54) is 44.5 Å². The van der Waals surface area contributed by atoms with E-state index in [9.17, 15) is 0 Å². The molecule has 184 valence electrons. The van der Waals surface area contributed by atoms with Gasteiger partial charge in [0.25, 0.3) is 0 Å². The molecule has 0 aromatic heterocycles. The number of fused-ring (bicyclic) bond motifs is 4. The Morgan fingerprint density at radius 2 is 1.16 bits per heavy atom. The first kappa shape index (κ1) is 23.0. The summed E-state index contributed by atoms with van der Waals surface area (Å²) in [6.45, 7) is 2.54. The molecule has 2 aliphatic carbocycles. The predicted molar refractivity (Wildman–Crippen MR) is 159 cm³/mol. The smallest absolute Gasteiger partial charge is 0.0247 e. The lowest BCUT2D eigenvalue weighted by Crippen LogP contribution is -2.49. The molecule has 0 radical (unpaired) electrons. The van der Waals surface area contributed by atoms with Gasteiger partial charge in [-0.1, -0.05) is 153 Å². The highest BCUT2D eigenvalue weighted by molar-refractivity contribution is 5.81. The van der Waals surface area contributed by atoms with Gasteiger partial charge < -0.3 is 0 Å². The van der Waals surface area contributed by atoms with Crippen LogP contribution in [0.2, 0.25) is 0 Å². The van der Waals surface area contributed by atoms with Crippen LogP contribution in [0.4, 0.5) is 0 Å². The molecular formula is C38H32. The van der Waals surface area contributed by atoms with Crippen molar-refractivity contribution in [2.75, 3.05) is 0 Å². The van der Waals surface area contributed by atoms with E-state index < -0.39 is 0 Å². The van der Waals surface area contributed by atoms with Gasteiger partial charge in [-0.25, -0.2) is 0 Å². The van der Waals surface area contributed by atoms with Crippen LogP contribution < -0.4 is 0 Å². The standard InChI is InChI=1S/C38H32/c1-37(30-17-6-3-7-18-30,36-33-21-11-9-19-31(33)32-20-10-12-22-34(32)36)38(26-24-28-14-4-2-5-15-28)27-25-29-16-8-13-23-35(29)38/h2-23,25,27,36H,24,26H2,1H3. The van der Waals surface area contributed by atoms with Crippen LogP contribution in [0.5, 0.6) is 0 Å². The van der Waals surface area contributed by atoms with Crippen molar-refractivity contribution in [3.05, 3.63) is 173 Å².